The fraction of sp³-hybridized carbons (Fsp3) is 0.471. The van der Waals surface area contributed by atoms with Gasteiger partial charge in [0.2, 0.25) is 0 Å². The van der Waals surface area contributed by atoms with Gasteiger partial charge in [-0.3, -0.25) is 10.0 Å². The molecule has 0 atom stereocenters. The predicted octanol–water partition coefficient (Wildman–Crippen LogP) is 4.52. The average Bonchev–Trinajstić information content (AvgIpc) is 2.45. The van der Waals surface area contributed by atoms with Crippen molar-refractivity contribution in [3.8, 4) is 0 Å². The average molecular weight is 275 g/mol. The Balaban J connectivity index is 2.44. The number of carbonyl (C=O) groups is 1. The van der Waals surface area contributed by atoms with Gasteiger partial charge < -0.3 is 0 Å². The van der Waals surface area contributed by atoms with Crippen LogP contribution in [0.1, 0.15) is 61.4 Å². The van der Waals surface area contributed by atoms with Gasteiger partial charge in [0, 0.05) is 12.6 Å². The molecule has 0 spiro atoms. The molecule has 0 saturated carbocycles. The SMILES string of the molecule is CCCCCCC/C=C/c1cccc(C(=O)N(C)O)c1. The van der Waals surface area contributed by atoms with E-state index in [1.807, 2.05) is 18.2 Å². The molecule has 0 unspecified atom stereocenters. The van der Waals surface area contributed by atoms with E-state index in [1.54, 1.807) is 12.1 Å². The summed E-state index contributed by atoms with van der Waals surface area (Å²) >= 11 is 0. The minimum atomic E-state index is -0.389. The van der Waals surface area contributed by atoms with Crippen LogP contribution in [-0.2, 0) is 0 Å². The number of nitrogens with zero attached hydrogens (tertiary/aromatic N) is 1. The van der Waals surface area contributed by atoms with Crippen molar-refractivity contribution in [2.45, 2.75) is 45.4 Å². The molecule has 1 aromatic rings. The number of carbonyl (C=O) groups excluding carboxylic acids is 1. The molecule has 0 radical (unpaired) electrons. The Labute approximate surface area is 121 Å². The third-order valence-corrected chi connectivity index (χ3v) is 3.21. The minimum Gasteiger partial charge on any atom is -0.286 e. The lowest BCUT2D eigenvalue weighted by atomic mass is 10.1. The van der Waals surface area contributed by atoms with Gasteiger partial charge in [-0.15, -0.1) is 0 Å². The number of hydrogen-bond acceptors (Lipinski definition) is 2. The van der Waals surface area contributed by atoms with Crippen molar-refractivity contribution in [1.82, 2.24) is 5.06 Å². The van der Waals surface area contributed by atoms with Gasteiger partial charge in [0.05, 0.1) is 0 Å². The van der Waals surface area contributed by atoms with Gasteiger partial charge in [0.1, 0.15) is 0 Å². The predicted molar refractivity (Wildman–Crippen MR) is 82.7 cm³/mol. The first-order chi connectivity index (χ1) is 9.65. The second-order valence-corrected chi connectivity index (χ2v) is 5.06. The van der Waals surface area contributed by atoms with Crippen LogP contribution in [0.4, 0.5) is 0 Å². The summed E-state index contributed by atoms with van der Waals surface area (Å²) in [5.74, 6) is -0.389. The Morgan fingerprint density at radius 2 is 2.00 bits per heavy atom. The Hall–Kier alpha value is -1.61. The highest BCUT2D eigenvalue weighted by Crippen LogP contribution is 2.11. The molecular formula is C17H25NO2. The van der Waals surface area contributed by atoms with E-state index in [0.29, 0.717) is 10.6 Å². The van der Waals surface area contributed by atoms with E-state index < -0.39 is 0 Å². The minimum absolute atomic E-state index is 0.389. The third-order valence-electron chi connectivity index (χ3n) is 3.21. The van der Waals surface area contributed by atoms with Crippen LogP contribution in [-0.4, -0.2) is 23.2 Å². The maximum Gasteiger partial charge on any atom is 0.276 e. The monoisotopic (exact) mass is 275 g/mol. The van der Waals surface area contributed by atoms with Crippen molar-refractivity contribution in [3.63, 3.8) is 0 Å². The first-order valence-corrected chi connectivity index (χ1v) is 7.38. The Bertz CT molecular complexity index is 438. The van der Waals surface area contributed by atoms with Crippen molar-refractivity contribution in [3.05, 3.63) is 41.5 Å². The second kappa shape index (κ2) is 9.32. The van der Waals surface area contributed by atoms with Crippen LogP contribution in [0.25, 0.3) is 6.08 Å². The molecule has 3 nitrogen and oxygen atoms in total. The van der Waals surface area contributed by atoms with E-state index in [4.69, 9.17) is 5.21 Å². The molecule has 0 heterocycles. The number of allylic oxidation sites excluding steroid dienone is 1. The molecule has 1 rings (SSSR count). The summed E-state index contributed by atoms with van der Waals surface area (Å²) in [5, 5.41) is 9.76. The van der Waals surface area contributed by atoms with Gasteiger partial charge in [-0.05, 0) is 30.5 Å². The van der Waals surface area contributed by atoms with Crippen molar-refractivity contribution in [1.29, 1.82) is 0 Å². The summed E-state index contributed by atoms with van der Waals surface area (Å²) < 4.78 is 0. The molecule has 0 aliphatic carbocycles. The quantitative estimate of drug-likeness (QED) is 0.430. The van der Waals surface area contributed by atoms with Crippen molar-refractivity contribution in [2.75, 3.05) is 7.05 Å². The molecule has 20 heavy (non-hydrogen) atoms. The van der Waals surface area contributed by atoms with E-state index >= 15 is 0 Å². The summed E-state index contributed by atoms with van der Waals surface area (Å²) in [7, 11) is 1.33. The molecule has 1 N–H and O–H groups in total. The topological polar surface area (TPSA) is 40.5 Å². The van der Waals surface area contributed by atoms with E-state index in [9.17, 15) is 4.79 Å². The highest BCUT2D eigenvalue weighted by Gasteiger charge is 2.08. The number of rotatable bonds is 8. The van der Waals surface area contributed by atoms with Gasteiger partial charge in [-0.25, -0.2) is 5.06 Å². The lowest BCUT2D eigenvalue weighted by molar-refractivity contribution is -0.0374. The fourth-order valence-corrected chi connectivity index (χ4v) is 2.05. The zero-order chi connectivity index (χ0) is 14.8. The number of unbranched alkanes of at least 4 members (excludes halogenated alkanes) is 5. The van der Waals surface area contributed by atoms with Crippen LogP contribution >= 0.6 is 0 Å². The molecule has 0 saturated heterocycles. The number of hydroxylamine groups is 2. The highest BCUT2D eigenvalue weighted by atomic mass is 16.5. The van der Waals surface area contributed by atoms with E-state index in [1.165, 1.54) is 39.2 Å². The normalized spacial score (nSPS) is 10.9. The molecule has 0 aliphatic rings. The molecule has 0 aromatic heterocycles. The fourth-order valence-electron chi connectivity index (χ4n) is 2.05. The zero-order valence-corrected chi connectivity index (χ0v) is 12.5. The Morgan fingerprint density at radius 1 is 1.25 bits per heavy atom. The van der Waals surface area contributed by atoms with Crippen molar-refractivity contribution >= 4 is 12.0 Å². The van der Waals surface area contributed by atoms with Crippen LogP contribution in [0.2, 0.25) is 0 Å². The van der Waals surface area contributed by atoms with Crippen molar-refractivity contribution < 1.29 is 10.0 Å². The zero-order valence-electron chi connectivity index (χ0n) is 12.5. The number of hydrogen-bond donors (Lipinski definition) is 1. The highest BCUT2D eigenvalue weighted by molar-refractivity contribution is 5.93. The molecule has 0 aliphatic heterocycles. The first-order valence-electron chi connectivity index (χ1n) is 7.38. The standard InChI is InChI=1S/C17H25NO2/c1-3-4-5-6-7-8-9-11-15-12-10-13-16(14-15)17(19)18(2)20/h9-14,20H,3-8H2,1-2H3/b11-9+. The number of amides is 1. The maximum atomic E-state index is 11.6. The molecule has 110 valence electrons. The van der Waals surface area contributed by atoms with Crippen LogP contribution in [0.5, 0.6) is 0 Å². The molecule has 1 aromatic carbocycles. The Morgan fingerprint density at radius 3 is 2.70 bits per heavy atom. The van der Waals surface area contributed by atoms with Crippen LogP contribution < -0.4 is 0 Å². The lowest BCUT2D eigenvalue weighted by Crippen LogP contribution is -2.22. The summed E-state index contributed by atoms with van der Waals surface area (Å²) in [6.07, 6.45) is 11.7. The van der Waals surface area contributed by atoms with Crippen LogP contribution in [0.3, 0.4) is 0 Å². The van der Waals surface area contributed by atoms with Gasteiger partial charge in [-0.1, -0.05) is 56.9 Å². The largest absolute Gasteiger partial charge is 0.286 e. The molecular weight excluding hydrogens is 250 g/mol. The molecule has 0 fully saturated rings. The van der Waals surface area contributed by atoms with Crippen LogP contribution in [0, 0.1) is 0 Å². The summed E-state index contributed by atoms with van der Waals surface area (Å²) in [5.41, 5.74) is 1.49. The first kappa shape index (κ1) is 16.4. The van der Waals surface area contributed by atoms with Gasteiger partial charge in [0.15, 0.2) is 0 Å². The van der Waals surface area contributed by atoms with Gasteiger partial charge in [-0.2, -0.15) is 0 Å². The Kier molecular flexibility index (Phi) is 7.66. The third kappa shape index (κ3) is 6.02. The summed E-state index contributed by atoms with van der Waals surface area (Å²) in [4.78, 5) is 11.6. The van der Waals surface area contributed by atoms with E-state index in [2.05, 4.69) is 13.0 Å². The number of benzene rings is 1. The summed E-state index contributed by atoms with van der Waals surface area (Å²) in [6.45, 7) is 2.22. The molecule has 1 amide bonds. The van der Waals surface area contributed by atoms with E-state index in [-0.39, 0.29) is 5.91 Å². The van der Waals surface area contributed by atoms with Crippen molar-refractivity contribution in [2.24, 2.45) is 0 Å². The van der Waals surface area contributed by atoms with E-state index in [0.717, 1.165) is 12.0 Å². The maximum absolute atomic E-state index is 11.6. The van der Waals surface area contributed by atoms with Gasteiger partial charge in [0.25, 0.3) is 5.91 Å². The van der Waals surface area contributed by atoms with Crippen LogP contribution in [0.15, 0.2) is 30.3 Å². The molecule has 0 bridgehead atoms. The smallest absolute Gasteiger partial charge is 0.276 e. The van der Waals surface area contributed by atoms with Gasteiger partial charge >= 0.3 is 0 Å². The molecule has 3 heteroatoms. The lowest BCUT2D eigenvalue weighted by Gasteiger charge is -2.08. The summed E-state index contributed by atoms with van der Waals surface area (Å²) in [6, 6.07) is 7.29. The second-order valence-electron chi connectivity index (χ2n) is 5.06.